The van der Waals surface area contributed by atoms with Gasteiger partial charge in [0, 0.05) is 0 Å². The molecule has 0 aromatic carbocycles. The Balaban J connectivity index is 2.07. The highest BCUT2D eigenvalue weighted by molar-refractivity contribution is 7.11. The van der Waals surface area contributed by atoms with Gasteiger partial charge in [-0.15, -0.1) is 0 Å². The summed E-state index contributed by atoms with van der Waals surface area (Å²) >= 11 is 0. The van der Waals surface area contributed by atoms with Crippen LogP contribution in [0.3, 0.4) is 0 Å². The summed E-state index contributed by atoms with van der Waals surface area (Å²) in [6.07, 6.45) is -0.107. The van der Waals surface area contributed by atoms with Gasteiger partial charge in [0.2, 0.25) is 0 Å². The molecule has 4 nitrogen and oxygen atoms in total. The van der Waals surface area contributed by atoms with Gasteiger partial charge in [-0.3, -0.25) is 0 Å². The minimum Gasteiger partial charge on any atom is -0.540 e. The van der Waals surface area contributed by atoms with Crippen LogP contribution in [-0.2, 0) is 18.6 Å². The van der Waals surface area contributed by atoms with Crippen molar-refractivity contribution in [1.82, 2.24) is 0 Å². The molecular weight excluding hydrogens is 206 g/mol. The van der Waals surface area contributed by atoms with E-state index in [-0.39, 0.29) is 17.3 Å². The second-order valence-corrected chi connectivity index (χ2v) is 5.36. The van der Waals surface area contributed by atoms with Gasteiger partial charge >= 0.3 is 14.0 Å². The molecule has 2 heterocycles. The summed E-state index contributed by atoms with van der Waals surface area (Å²) in [6, 6.07) is 0. The topological polar surface area (TPSA) is 36.9 Å². The Kier molecular flexibility index (Phi) is 2.64. The summed E-state index contributed by atoms with van der Waals surface area (Å²) in [5.41, 5.74) is -0.727. The molecule has 88 valence electrons. The standard InChI is InChI=1S/C10H18B2O4/c1-7-8(2)14-11(13-7)12-15-9(3,4)10(5,6)16-12/h8H,1H2,2-6H3. The van der Waals surface area contributed by atoms with Crippen LogP contribution in [0, 0.1) is 0 Å². The van der Waals surface area contributed by atoms with Gasteiger partial charge in [-0.2, -0.15) is 0 Å². The van der Waals surface area contributed by atoms with E-state index >= 15 is 0 Å². The fourth-order valence-electron chi connectivity index (χ4n) is 1.67. The minimum absolute atomic E-state index is 0.107. The largest absolute Gasteiger partial charge is 0.552 e. The Labute approximate surface area is 97.5 Å². The van der Waals surface area contributed by atoms with Crippen molar-refractivity contribution in [3.8, 4) is 0 Å². The maximum absolute atomic E-state index is 5.83. The third-order valence-electron chi connectivity index (χ3n) is 3.55. The molecule has 0 spiro atoms. The predicted octanol–water partition coefficient (Wildman–Crippen LogP) is 1.59. The lowest BCUT2D eigenvalue weighted by molar-refractivity contribution is 0.00578. The zero-order valence-electron chi connectivity index (χ0n) is 10.6. The Morgan fingerprint density at radius 3 is 1.94 bits per heavy atom. The van der Waals surface area contributed by atoms with Crippen molar-refractivity contribution in [2.24, 2.45) is 0 Å². The normalized spacial score (nSPS) is 32.1. The van der Waals surface area contributed by atoms with E-state index in [1.165, 1.54) is 0 Å². The number of hydrogen-bond acceptors (Lipinski definition) is 4. The third kappa shape index (κ3) is 1.79. The second-order valence-electron chi connectivity index (χ2n) is 5.36. The van der Waals surface area contributed by atoms with Crippen LogP contribution in [0.4, 0.5) is 0 Å². The summed E-state index contributed by atoms with van der Waals surface area (Å²) < 4.78 is 22.7. The lowest BCUT2D eigenvalue weighted by Gasteiger charge is -2.32. The van der Waals surface area contributed by atoms with Gasteiger partial charge in [0.15, 0.2) is 0 Å². The van der Waals surface area contributed by atoms with Crippen LogP contribution in [0.5, 0.6) is 0 Å². The molecule has 0 radical (unpaired) electrons. The molecule has 2 fully saturated rings. The van der Waals surface area contributed by atoms with Crippen molar-refractivity contribution in [2.75, 3.05) is 0 Å². The van der Waals surface area contributed by atoms with Gasteiger partial charge in [0.05, 0.1) is 23.1 Å². The average Bonchev–Trinajstić information content (AvgIpc) is 2.54. The summed E-state index contributed by atoms with van der Waals surface area (Å²) in [4.78, 5) is 0. The first-order valence-electron chi connectivity index (χ1n) is 5.59. The molecule has 2 aliphatic heterocycles. The molecule has 0 N–H and O–H groups in total. The van der Waals surface area contributed by atoms with E-state index in [0.717, 1.165) is 0 Å². The van der Waals surface area contributed by atoms with Crippen LogP contribution >= 0.6 is 0 Å². The number of rotatable bonds is 1. The van der Waals surface area contributed by atoms with Crippen molar-refractivity contribution in [3.05, 3.63) is 12.3 Å². The van der Waals surface area contributed by atoms with Gasteiger partial charge in [-0.1, -0.05) is 6.58 Å². The highest BCUT2D eigenvalue weighted by Gasteiger charge is 2.60. The van der Waals surface area contributed by atoms with Gasteiger partial charge in [-0.05, 0) is 34.6 Å². The van der Waals surface area contributed by atoms with Crippen LogP contribution in [-0.4, -0.2) is 31.3 Å². The molecule has 0 saturated carbocycles. The van der Waals surface area contributed by atoms with Crippen molar-refractivity contribution in [1.29, 1.82) is 0 Å². The van der Waals surface area contributed by atoms with Crippen molar-refractivity contribution in [3.63, 3.8) is 0 Å². The van der Waals surface area contributed by atoms with Gasteiger partial charge in [0.1, 0.15) is 0 Å². The second kappa shape index (κ2) is 3.52. The first-order valence-corrected chi connectivity index (χ1v) is 5.59. The summed E-state index contributed by atoms with van der Waals surface area (Å²) in [5.74, 6) is 0.625. The molecule has 0 bridgehead atoms. The molecule has 16 heavy (non-hydrogen) atoms. The Hall–Kier alpha value is -0.450. The third-order valence-corrected chi connectivity index (χ3v) is 3.55. The van der Waals surface area contributed by atoms with Crippen LogP contribution in [0.15, 0.2) is 12.3 Å². The lowest BCUT2D eigenvalue weighted by Crippen LogP contribution is -2.41. The zero-order chi connectivity index (χ0) is 12.1. The molecule has 2 aliphatic rings. The predicted molar refractivity (Wildman–Crippen MR) is 62.6 cm³/mol. The van der Waals surface area contributed by atoms with Crippen LogP contribution in [0.1, 0.15) is 34.6 Å². The van der Waals surface area contributed by atoms with E-state index in [1.54, 1.807) is 0 Å². The maximum Gasteiger partial charge on any atom is 0.552 e. The minimum atomic E-state index is -0.511. The molecule has 1 unspecified atom stereocenters. The Morgan fingerprint density at radius 1 is 1.06 bits per heavy atom. The maximum atomic E-state index is 5.83. The van der Waals surface area contributed by atoms with Crippen molar-refractivity contribution < 1.29 is 18.6 Å². The molecule has 6 heteroatoms. The van der Waals surface area contributed by atoms with E-state index in [0.29, 0.717) is 5.76 Å². The zero-order valence-corrected chi connectivity index (χ0v) is 10.6. The lowest BCUT2D eigenvalue weighted by atomic mass is 9.49. The van der Waals surface area contributed by atoms with Crippen molar-refractivity contribution >= 4 is 14.0 Å². The molecule has 0 aromatic rings. The molecule has 2 saturated heterocycles. The molecule has 0 aliphatic carbocycles. The Morgan fingerprint density at radius 2 is 1.56 bits per heavy atom. The number of hydrogen-bond donors (Lipinski definition) is 0. The van der Waals surface area contributed by atoms with Crippen LogP contribution in [0.2, 0.25) is 0 Å². The fraction of sp³-hybridized carbons (Fsp3) is 0.800. The summed E-state index contributed by atoms with van der Waals surface area (Å²) in [6.45, 7) is 13.7. The first-order chi connectivity index (χ1) is 7.23. The summed E-state index contributed by atoms with van der Waals surface area (Å²) in [5, 5.41) is 0. The smallest absolute Gasteiger partial charge is 0.540 e. The highest BCUT2D eigenvalue weighted by atomic mass is 16.7. The Bertz CT molecular complexity index is 300. The van der Waals surface area contributed by atoms with Gasteiger partial charge in [-0.25, -0.2) is 0 Å². The quantitative estimate of drug-likeness (QED) is 0.633. The molecule has 2 rings (SSSR count). The van der Waals surface area contributed by atoms with Crippen molar-refractivity contribution in [2.45, 2.75) is 51.9 Å². The SMILES string of the molecule is C=C1OB(B2OC(C)(C)C(C)(C)O2)OC1C. The van der Waals surface area contributed by atoms with Gasteiger partial charge in [0.25, 0.3) is 0 Å². The van der Waals surface area contributed by atoms with E-state index in [9.17, 15) is 0 Å². The van der Waals surface area contributed by atoms with Crippen LogP contribution < -0.4 is 0 Å². The molecular formula is C10H18B2O4. The fourth-order valence-corrected chi connectivity index (χ4v) is 1.67. The van der Waals surface area contributed by atoms with E-state index in [1.807, 2.05) is 34.6 Å². The average molecular weight is 224 g/mol. The van der Waals surface area contributed by atoms with E-state index < -0.39 is 14.0 Å². The van der Waals surface area contributed by atoms with Crippen LogP contribution in [0.25, 0.3) is 0 Å². The highest BCUT2D eigenvalue weighted by Crippen LogP contribution is 2.38. The molecule has 0 amide bonds. The van der Waals surface area contributed by atoms with E-state index in [2.05, 4.69) is 6.58 Å². The van der Waals surface area contributed by atoms with Gasteiger partial charge < -0.3 is 18.6 Å². The first kappa shape index (κ1) is 12.0. The molecule has 0 aromatic heterocycles. The molecule has 1 atom stereocenters. The monoisotopic (exact) mass is 224 g/mol. The van der Waals surface area contributed by atoms with E-state index in [4.69, 9.17) is 18.6 Å². The summed E-state index contributed by atoms with van der Waals surface area (Å²) in [7, 11) is -1.00.